The molecule has 0 saturated heterocycles. The Kier molecular flexibility index (Phi) is 6.43. The van der Waals surface area contributed by atoms with Crippen molar-refractivity contribution in [1.29, 1.82) is 0 Å². The van der Waals surface area contributed by atoms with Crippen LogP contribution in [-0.4, -0.2) is 19.4 Å². The highest BCUT2D eigenvalue weighted by atomic mass is 17.3. The van der Waals surface area contributed by atoms with Crippen molar-refractivity contribution in [1.82, 2.24) is 0 Å². The number of carbonyl (C=O) groups excluding carboxylic acids is 1. The minimum atomic E-state index is -1.06. The molecular formula is C9H14O5. The predicted octanol–water partition coefficient (Wildman–Crippen LogP) is 2.16. The quantitative estimate of drug-likeness (QED) is 0.375. The summed E-state index contributed by atoms with van der Waals surface area (Å²) in [6, 6.07) is 0. The molecular weight excluding hydrogens is 188 g/mol. The van der Waals surface area contributed by atoms with E-state index in [9.17, 15) is 4.79 Å². The van der Waals surface area contributed by atoms with Crippen molar-refractivity contribution < 1.29 is 24.3 Å². The summed E-state index contributed by atoms with van der Waals surface area (Å²) in [5.41, 5.74) is 1.45. The summed E-state index contributed by atoms with van der Waals surface area (Å²) in [7, 11) is 0. The first kappa shape index (κ1) is 12.7. The van der Waals surface area contributed by atoms with Crippen LogP contribution in [0.25, 0.3) is 0 Å². The van der Waals surface area contributed by atoms with Crippen molar-refractivity contribution in [3.8, 4) is 0 Å². The maximum atomic E-state index is 10.7. The van der Waals surface area contributed by atoms with E-state index in [1.165, 1.54) is 0 Å². The lowest BCUT2D eigenvalue weighted by Crippen LogP contribution is -2.10. The van der Waals surface area contributed by atoms with Gasteiger partial charge in [-0.15, -0.1) is 0 Å². The first-order chi connectivity index (χ1) is 6.52. The summed E-state index contributed by atoms with van der Waals surface area (Å²) >= 11 is 0. The van der Waals surface area contributed by atoms with E-state index in [2.05, 4.69) is 32.7 Å². The monoisotopic (exact) mass is 202 g/mol. The SMILES string of the molecule is C=C(C)COOC(=O)OOCC(=C)C. The standard InChI is InChI=1S/C9H14O5/c1-7(2)5-11-13-9(10)14-12-6-8(3)4/h1,3,5-6H2,2,4H3. The lowest BCUT2D eigenvalue weighted by molar-refractivity contribution is -0.313. The van der Waals surface area contributed by atoms with Crippen molar-refractivity contribution in [2.45, 2.75) is 13.8 Å². The van der Waals surface area contributed by atoms with Gasteiger partial charge in [-0.1, -0.05) is 24.3 Å². The van der Waals surface area contributed by atoms with Crippen molar-refractivity contribution in [2.75, 3.05) is 13.2 Å². The Morgan fingerprint density at radius 2 is 1.36 bits per heavy atom. The fourth-order valence-corrected chi connectivity index (χ4v) is 0.370. The molecule has 0 radical (unpaired) electrons. The van der Waals surface area contributed by atoms with Crippen molar-refractivity contribution in [3.05, 3.63) is 24.3 Å². The van der Waals surface area contributed by atoms with Crippen LogP contribution >= 0.6 is 0 Å². The average molecular weight is 202 g/mol. The molecule has 0 atom stereocenters. The van der Waals surface area contributed by atoms with E-state index >= 15 is 0 Å². The van der Waals surface area contributed by atoms with Crippen LogP contribution in [0, 0.1) is 0 Å². The zero-order valence-electron chi connectivity index (χ0n) is 8.37. The highest BCUT2D eigenvalue weighted by molar-refractivity contribution is 5.58. The maximum Gasteiger partial charge on any atom is 0.573 e. The lowest BCUT2D eigenvalue weighted by Gasteiger charge is -2.03. The van der Waals surface area contributed by atoms with Gasteiger partial charge in [-0.25, -0.2) is 0 Å². The number of carbonyl (C=O) groups is 1. The van der Waals surface area contributed by atoms with Crippen LogP contribution in [0.15, 0.2) is 24.3 Å². The van der Waals surface area contributed by atoms with Crippen LogP contribution in [0.2, 0.25) is 0 Å². The largest absolute Gasteiger partial charge is 0.573 e. The van der Waals surface area contributed by atoms with E-state index in [1.807, 2.05) is 0 Å². The third-order valence-corrected chi connectivity index (χ3v) is 0.865. The minimum absolute atomic E-state index is 0.121. The molecule has 0 aromatic carbocycles. The zero-order valence-corrected chi connectivity index (χ0v) is 8.37. The van der Waals surface area contributed by atoms with Crippen LogP contribution in [0.5, 0.6) is 0 Å². The molecule has 5 heteroatoms. The molecule has 0 aliphatic carbocycles. The third-order valence-electron chi connectivity index (χ3n) is 0.865. The first-order valence-corrected chi connectivity index (χ1v) is 3.94. The van der Waals surface area contributed by atoms with E-state index in [0.29, 0.717) is 0 Å². The highest BCUT2D eigenvalue weighted by Gasteiger charge is 2.06. The van der Waals surface area contributed by atoms with Gasteiger partial charge in [-0.3, -0.25) is 9.78 Å². The van der Waals surface area contributed by atoms with Gasteiger partial charge in [0.05, 0.1) is 0 Å². The molecule has 0 spiro atoms. The van der Waals surface area contributed by atoms with Crippen molar-refractivity contribution in [2.24, 2.45) is 0 Å². The molecule has 0 aliphatic heterocycles. The molecule has 0 N–H and O–H groups in total. The molecule has 0 bridgehead atoms. The van der Waals surface area contributed by atoms with Crippen LogP contribution in [-0.2, 0) is 19.6 Å². The molecule has 0 aromatic rings. The molecule has 0 amide bonds. The summed E-state index contributed by atoms with van der Waals surface area (Å²) in [6.07, 6.45) is -1.06. The fraction of sp³-hybridized carbons (Fsp3) is 0.444. The summed E-state index contributed by atoms with van der Waals surface area (Å²) in [5.74, 6) is 0. The second-order valence-electron chi connectivity index (χ2n) is 2.86. The Bertz CT molecular complexity index is 199. The van der Waals surface area contributed by atoms with Gasteiger partial charge in [0.25, 0.3) is 0 Å². The lowest BCUT2D eigenvalue weighted by atomic mass is 10.4. The molecule has 80 valence electrons. The minimum Gasteiger partial charge on any atom is -0.257 e. The van der Waals surface area contributed by atoms with E-state index in [-0.39, 0.29) is 13.2 Å². The van der Waals surface area contributed by atoms with Gasteiger partial charge in [0.15, 0.2) is 0 Å². The van der Waals surface area contributed by atoms with E-state index in [1.54, 1.807) is 13.8 Å². The third kappa shape index (κ3) is 8.76. The summed E-state index contributed by atoms with van der Waals surface area (Å²) in [6.45, 7) is 10.8. The zero-order chi connectivity index (χ0) is 11.0. The number of rotatable bonds is 6. The molecule has 0 fully saturated rings. The fourth-order valence-electron chi connectivity index (χ4n) is 0.370. The van der Waals surface area contributed by atoms with Gasteiger partial charge in [0.2, 0.25) is 0 Å². The Hall–Kier alpha value is -1.33. The van der Waals surface area contributed by atoms with Crippen LogP contribution < -0.4 is 0 Å². The Labute approximate surface area is 82.8 Å². The molecule has 0 unspecified atom stereocenters. The Balaban J connectivity index is 3.37. The molecule has 0 aliphatic rings. The van der Waals surface area contributed by atoms with Crippen molar-refractivity contribution in [3.63, 3.8) is 0 Å². The van der Waals surface area contributed by atoms with E-state index in [4.69, 9.17) is 0 Å². The van der Waals surface area contributed by atoms with Crippen molar-refractivity contribution >= 4 is 6.16 Å². The average Bonchev–Trinajstić information content (AvgIpc) is 2.02. The highest BCUT2D eigenvalue weighted by Crippen LogP contribution is 1.94. The summed E-state index contributed by atoms with van der Waals surface area (Å²) < 4.78 is 0. The Morgan fingerprint density at radius 1 is 1.00 bits per heavy atom. The second-order valence-corrected chi connectivity index (χ2v) is 2.86. The molecule has 0 saturated carbocycles. The summed E-state index contributed by atoms with van der Waals surface area (Å²) in [5, 5.41) is 0. The molecule has 5 nitrogen and oxygen atoms in total. The van der Waals surface area contributed by atoms with E-state index in [0.717, 1.165) is 11.1 Å². The van der Waals surface area contributed by atoms with Gasteiger partial charge in [0, 0.05) is 0 Å². The van der Waals surface area contributed by atoms with Crippen LogP contribution in [0.4, 0.5) is 4.79 Å². The van der Waals surface area contributed by atoms with Gasteiger partial charge in [-0.2, -0.15) is 14.6 Å². The number of hydrogen-bond acceptors (Lipinski definition) is 5. The summed E-state index contributed by atoms with van der Waals surface area (Å²) in [4.78, 5) is 27.8. The smallest absolute Gasteiger partial charge is 0.257 e. The van der Waals surface area contributed by atoms with Gasteiger partial charge in [0.1, 0.15) is 13.2 Å². The Morgan fingerprint density at radius 3 is 1.64 bits per heavy atom. The van der Waals surface area contributed by atoms with Crippen LogP contribution in [0.1, 0.15) is 13.8 Å². The van der Waals surface area contributed by atoms with Gasteiger partial charge >= 0.3 is 6.16 Å². The molecule has 14 heavy (non-hydrogen) atoms. The molecule has 0 heterocycles. The first-order valence-electron chi connectivity index (χ1n) is 3.94. The predicted molar refractivity (Wildman–Crippen MR) is 49.1 cm³/mol. The van der Waals surface area contributed by atoms with Gasteiger partial charge in [-0.05, 0) is 13.8 Å². The van der Waals surface area contributed by atoms with E-state index < -0.39 is 6.16 Å². The van der Waals surface area contributed by atoms with Crippen LogP contribution in [0.3, 0.4) is 0 Å². The van der Waals surface area contributed by atoms with Gasteiger partial charge < -0.3 is 0 Å². The number of hydrogen-bond donors (Lipinski definition) is 0. The molecule has 0 aromatic heterocycles. The normalized spacial score (nSPS) is 9.29. The molecule has 0 rings (SSSR count). The maximum absolute atomic E-state index is 10.7. The topological polar surface area (TPSA) is 54.0 Å². The second kappa shape index (κ2) is 7.11.